The van der Waals surface area contributed by atoms with Crippen molar-refractivity contribution in [2.45, 2.75) is 25.4 Å². The maximum absolute atomic E-state index is 11.2. The van der Waals surface area contributed by atoms with Crippen LogP contribution in [0, 0.1) is 22.0 Å². The number of primary amides is 1. The van der Waals surface area contributed by atoms with E-state index in [-0.39, 0.29) is 29.7 Å². The molecule has 1 heterocycles. The molecule has 1 aliphatic carbocycles. The maximum Gasteiger partial charge on any atom is 0.274 e. The summed E-state index contributed by atoms with van der Waals surface area (Å²) in [5, 5.41) is 11.2. The van der Waals surface area contributed by atoms with Crippen LogP contribution in [0.25, 0.3) is 0 Å². The average molecular weight is 341 g/mol. The van der Waals surface area contributed by atoms with Gasteiger partial charge in [0.1, 0.15) is 0 Å². The first-order chi connectivity index (χ1) is 10.5. The van der Waals surface area contributed by atoms with Crippen molar-refractivity contribution in [2.75, 3.05) is 13.1 Å². The lowest BCUT2D eigenvalue weighted by atomic mass is 9.98. The van der Waals surface area contributed by atoms with E-state index in [9.17, 15) is 14.9 Å². The number of amides is 1. The van der Waals surface area contributed by atoms with Crippen LogP contribution < -0.4 is 11.5 Å². The molecule has 1 saturated carbocycles. The van der Waals surface area contributed by atoms with E-state index in [0.29, 0.717) is 23.9 Å². The summed E-state index contributed by atoms with van der Waals surface area (Å²) >= 11 is 0. The summed E-state index contributed by atoms with van der Waals surface area (Å²) in [5.41, 5.74) is 12.0. The van der Waals surface area contributed by atoms with Crippen LogP contribution in [0.3, 0.4) is 0 Å². The zero-order chi connectivity index (χ0) is 15.9. The standard InChI is InChI=1S/C15H20N4O3.ClH/c16-13-4-3-10-6-18(8-12(10)13)7-11-2-1-9(15(17)20)5-14(11)19(21)22;/h1-2,5,10,12-13H,3-4,6-8,16H2,(H2,17,20);1H. The molecule has 2 fully saturated rings. The highest BCUT2D eigenvalue weighted by atomic mass is 35.5. The fourth-order valence-electron chi connectivity index (χ4n) is 3.79. The Kier molecular flexibility index (Phi) is 5.23. The van der Waals surface area contributed by atoms with Crippen molar-refractivity contribution in [3.8, 4) is 0 Å². The first-order valence-electron chi connectivity index (χ1n) is 7.50. The van der Waals surface area contributed by atoms with Crippen LogP contribution in [0.5, 0.6) is 0 Å². The number of fused-ring (bicyclic) bond motifs is 1. The smallest absolute Gasteiger partial charge is 0.274 e. The molecule has 2 aliphatic rings. The van der Waals surface area contributed by atoms with Crippen LogP contribution in [-0.2, 0) is 6.54 Å². The number of nitrogens with zero attached hydrogens (tertiary/aromatic N) is 2. The molecule has 1 amide bonds. The van der Waals surface area contributed by atoms with Crippen molar-refractivity contribution < 1.29 is 9.72 Å². The van der Waals surface area contributed by atoms with Crippen LogP contribution in [0.15, 0.2) is 18.2 Å². The molecule has 1 aliphatic heterocycles. The molecule has 23 heavy (non-hydrogen) atoms. The topological polar surface area (TPSA) is 115 Å². The Balaban J connectivity index is 0.00000192. The van der Waals surface area contributed by atoms with E-state index in [1.165, 1.54) is 6.07 Å². The van der Waals surface area contributed by atoms with Gasteiger partial charge in [-0.15, -0.1) is 12.4 Å². The molecule has 3 unspecified atom stereocenters. The minimum Gasteiger partial charge on any atom is -0.366 e. The van der Waals surface area contributed by atoms with E-state index in [4.69, 9.17) is 11.5 Å². The Hall–Kier alpha value is -1.70. The number of rotatable bonds is 4. The SMILES string of the molecule is Cl.NC(=O)c1ccc(CN2CC3CCC(N)C3C2)c([N+](=O)[O-])c1. The van der Waals surface area contributed by atoms with Gasteiger partial charge in [-0.25, -0.2) is 0 Å². The van der Waals surface area contributed by atoms with Gasteiger partial charge in [0.25, 0.3) is 5.69 Å². The normalized spacial score (nSPS) is 26.6. The highest BCUT2D eigenvalue weighted by Crippen LogP contribution is 2.38. The molecule has 3 atom stereocenters. The lowest BCUT2D eigenvalue weighted by Gasteiger charge is -2.18. The molecule has 3 rings (SSSR count). The molecule has 0 spiro atoms. The number of hydrogen-bond donors (Lipinski definition) is 2. The van der Waals surface area contributed by atoms with Crippen molar-refractivity contribution in [1.29, 1.82) is 0 Å². The first kappa shape index (κ1) is 17.7. The van der Waals surface area contributed by atoms with Gasteiger partial charge in [0.15, 0.2) is 0 Å². The van der Waals surface area contributed by atoms with Crippen LogP contribution in [0.2, 0.25) is 0 Å². The average Bonchev–Trinajstić information content (AvgIpc) is 3.01. The molecule has 0 radical (unpaired) electrons. The van der Waals surface area contributed by atoms with Gasteiger partial charge in [0, 0.05) is 42.9 Å². The van der Waals surface area contributed by atoms with Gasteiger partial charge in [-0.2, -0.15) is 0 Å². The number of carbonyl (C=O) groups is 1. The number of hydrogen-bond acceptors (Lipinski definition) is 5. The van der Waals surface area contributed by atoms with Crippen molar-refractivity contribution in [3.05, 3.63) is 39.4 Å². The third-order valence-corrected chi connectivity index (χ3v) is 4.95. The quantitative estimate of drug-likeness (QED) is 0.632. The van der Waals surface area contributed by atoms with Crippen LogP contribution in [0.4, 0.5) is 5.69 Å². The summed E-state index contributed by atoms with van der Waals surface area (Å²) in [6.07, 6.45) is 2.22. The van der Waals surface area contributed by atoms with Crippen LogP contribution in [0.1, 0.15) is 28.8 Å². The van der Waals surface area contributed by atoms with Gasteiger partial charge in [-0.1, -0.05) is 6.07 Å². The van der Waals surface area contributed by atoms with E-state index in [1.807, 2.05) is 0 Å². The van der Waals surface area contributed by atoms with Crippen molar-refractivity contribution in [2.24, 2.45) is 23.3 Å². The zero-order valence-electron chi connectivity index (χ0n) is 12.7. The molecule has 7 nitrogen and oxygen atoms in total. The Labute approximate surface area is 140 Å². The number of carbonyl (C=O) groups excluding carboxylic acids is 1. The second kappa shape index (κ2) is 6.82. The Morgan fingerprint density at radius 2 is 2.09 bits per heavy atom. The van der Waals surface area contributed by atoms with Gasteiger partial charge in [0.2, 0.25) is 5.91 Å². The molecule has 1 aromatic carbocycles. The second-order valence-electron chi connectivity index (χ2n) is 6.32. The maximum atomic E-state index is 11.2. The van der Waals surface area contributed by atoms with Crippen molar-refractivity contribution >= 4 is 24.0 Å². The molecule has 0 aromatic heterocycles. The summed E-state index contributed by atoms with van der Waals surface area (Å²) in [6.45, 7) is 2.34. The molecule has 4 N–H and O–H groups in total. The molecule has 126 valence electrons. The molecule has 0 bridgehead atoms. The van der Waals surface area contributed by atoms with Gasteiger partial charge in [0.05, 0.1) is 4.92 Å². The molecule has 1 saturated heterocycles. The molecule has 1 aromatic rings. The number of nitro benzene ring substituents is 1. The number of likely N-dealkylation sites (tertiary alicyclic amines) is 1. The van der Waals surface area contributed by atoms with E-state index in [0.717, 1.165) is 25.9 Å². The van der Waals surface area contributed by atoms with Gasteiger partial charge < -0.3 is 11.5 Å². The summed E-state index contributed by atoms with van der Waals surface area (Å²) in [7, 11) is 0. The van der Waals surface area contributed by atoms with Gasteiger partial charge >= 0.3 is 0 Å². The molecule has 8 heteroatoms. The number of nitro groups is 1. The Morgan fingerprint density at radius 3 is 2.70 bits per heavy atom. The van der Waals surface area contributed by atoms with Crippen molar-refractivity contribution in [1.82, 2.24) is 4.90 Å². The third-order valence-electron chi connectivity index (χ3n) is 4.95. The minimum absolute atomic E-state index is 0. The minimum atomic E-state index is -0.656. The predicted octanol–water partition coefficient (Wildman–Crippen LogP) is 1.28. The monoisotopic (exact) mass is 340 g/mol. The number of nitrogens with two attached hydrogens (primary N) is 2. The summed E-state index contributed by atoms with van der Waals surface area (Å²) < 4.78 is 0. The van der Waals surface area contributed by atoms with Crippen LogP contribution >= 0.6 is 12.4 Å². The second-order valence-corrected chi connectivity index (χ2v) is 6.32. The molecular weight excluding hydrogens is 320 g/mol. The fraction of sp³-hybridized carbons (Fsp3) is 0.533. The number of benzene rings is 1. The summed E-state index contributed by atoms with van der Waals surface area (Å²) in [4.78, 5) is 24.2. The third kappa shape index (κ3) is 3.46. The summed E-state index contributed by atoms with van der Waals surface area (Å²) in [6, 6.07) is 4.70. The largest absolute Gasteiger partial charge is 0.366 e. The zero-order valence-corrected chi connectivity index (χ0v) is 13.5. The Bertz CT molecular complexity index is 625. The van der Waals surface area contributed by atoms with E-state index in [2.05, 4.69) is 4.90 Å². The van der Waals surface area contributed by atoms with E-state index < -0.39 is 10.8 Å². The first-order valence-corrected chi connectivity index (χ1v) is 7.50. The predicted molar refractivity (Wildman–Crippen MR) is 88.3 cm³/mol. The van der Waals surface area contributed by atoms with Gasteiger partial charge in [-0.3, -0.25) is 19.8 Å². The van der Waals surface area contributed by atoms with E-state index >= 15 is 0 Å². The Morgan fingerprint density at radius 1 is 1.35 bits per heavy atom. The highest BCUT2D eigenvalue weighted by Gasteiger charge is 2.41. The van der Waals surface area contributed by atoms with Gasteiger partial charge in [-0.05, 0) is 30.7 Å². The lowest BCUT2D eigenvalue weighted by Crippen LogP contribution is -2.30. The number of halogens is 1. The highest BCUT2D eigenvalue weighted by molar-refractivity contribution is 5.93. The molecular formula is C15H21ClN4O3. The van der Waals surface area contributed by atoms with Crippen molar-refractivity contribution in [3.63, 3.8) is 0 Å². The van der Waals surface area contributed by atoms with E-state index in [1.54, 1.807) is 12.1 Å². The van der Waals surface area contributed by atoms with Crippen LogP contribution in [-0.4, -0.2) is 34.9 Å². The summed E-state index contributed by atoms with van der Waals surface area (Å²) in [5.74, 6) is 0.458. The fourth-order valence-corrected chi connectivity index (χ4v) is 3.79. The lowest BCUT2D eigenvalue weighted by molar-refractivity contribution is -0.385.